The second-order valence-corrected chi connectivity index (χ2v) is 8.40. The molecule has 4 nitrogen and oxygen atoms in total. The topological polar surface area (TPSA) is 59.4 Å². The van der Waals surface area contributed by atoms with E-state index in [9.17, 15) is 9.90 Å². The van der Waals surface area contributed by atoms with Crippen molar-refractivity contribution in [1.29, 1.82) is 0 Å². The highest BCUT2D eigenvalue weighted by Crippen LogP contribution is 2.42. The minimum atomic E-state index is -0.923. The third-order valence-electron chi connectivity index (χ3n) is 3.57. The van der Waals surface area contributed by atoms with Gasteiger partial charge in [0.25, 0.3) is 0 Å². The third kappa shape index (κ3) is 2.88. The molecule has 0 radical (unpaired) electrons. The van der Waals surface area contributed by atoms with Crippen molar-refractivity contribution >= 4 is 54.7 Å². The number of carboxylic acid groups (broad SMARTS) is 1. The van der Waals surface area contributed by atoms with Crippen LogP contribution in [0.25, 0.3) is 20.0 Å². The van der Waals surface area contributed by atoms with E-state index in [1.54, 1.807) is 18.3 Å². The standard InChI is InChI=1S/C16H12BrNO3S2/c1-7-13(16(19)20)23-15(18-7)12-5-8-4-10(21-9-2-3-9)6-11(17)14(8)22-12/h4-6,9H,2-3H2,1H3,(H,19,20). The summed E-state index contributed by atoms with van der Waals surface area (Å²) in [6.07, 6.45) is 2.61. The molecule has 4 rings (SSSR count). The smallest absolute Gasteiger partial charge is 0.347 e. The fraction of sp³-hybridized carbons (Fsp3) is 0.250. The number of hydrogen-bond acceptors (Lipinski definition) is 5. The number of fused-ring (bicyclic) bond motifs is 1. The molecule has 2 aromatic heterocycles. The predicted molar refractivity (Wildman–Crippen MR) is 96.0 cm³/mol. The van der Waals surface area contributed by atoms with Crippen LogP contribution in [0.4, 0.5) is 0 Å². The van der Waals surface area contributed by atoms with E-state index in [4.69, 9.17) is 4.74 Å². The van der Waals surface area contributed by atoms with Gasteiger partial charge >= 0.3 is 5.97 Å². The Hall–Kier alpha value is -1.44. The largest absolute Gasteiger partial charge is 0.490 e. The van der Waals surface area contributed by atoms with Crippen LogP contribution in [0.15, 0.2) is 22.7 Å². The van der Waals surface area contributed by atoms with Gasteiger partial charge in [-0.15, -0.1) is 22.7 Å². The summed E-state index contributed by atoms with van der Waals surface area (Å²) in [4.78, 5) is 16.9. The molecule has 0 amide bonds. The zero-order valence-electron chi connectivity index (χ0n) is 12.1. The van der Waals surface area contributed by atoms with Gasteiger partial charge < -0.3 is 9.84 Å². The molecule has 0 saturated heterocycles. The molecule has 0 unspecified atom stereocenters. The van der Waals surface area contributed by atoms with Gasteiger partial charge in [-0.25, -0.2) is 9.78 Å². The van der Waals surface area contributed by atoms with Crippen molar-refractivity contribution in [2.24, 2.45) is 0 Å². The number of aromatic nitrogens is 1. The van der Waals surface area contributed by atoms with Crippen molar-refractivity contribution in [3.63, 3.8) is 0 Å². The van der Waals surface area contributed by atoms with Crippen LogP contribution in [-0.4, -0.2) is 22.2 Å². The van der Waals surface area contributed by atoms with Gasteiger partial charge in [0.15, 0.2) is 0 Å². The Balaban J connectivity index is 1.77. The molecule has 1 aliphatic rings. The van der Waals surface area contributed by atoms with Crippen LogP contribution < -0.4 is 4.74 Å². The van der Waals surface area contributed by atoms with Crippen LogP contribution in [0.3, 0.4) is 0 Å². The van der Waals surface area contributed by atoms with Gasteiger partial charge in [0.05, 0.1) is 16.7 Å². The van der Waals surface area contributed by atoms with Crippen molar-refractivity contribution in [3.05, 3.63) is 33.2 Å². The van der Waals surface area contributed by atoms with E-state index < -0.39 is 5.97 Å². The van der Waals surface area contributed by atoms with Crippen molar-refractivity contribution in [2.75, 3.05) is 0 Å². The maximum absolute atomic E-state index is 11.2. The summed E-state index contributed by atoms with van der Waals surface area (Å²) in [6, 6.07) is 6.09. The molecule has 0 bridgehead atoms. The molecule has 0 aliphatic heterocycles. The van der Waals surface area contributed by atoms with Crippen molar-refractivity contribution in [3.8, 4) is 15.6 Å². The molecule has 7 heteroatoms. The van der Waals surface area contributed by atoms with Gasteiger partial charge in [-0.3, -0.25) is 0 Å². The van der Waals surface area contributed by atoms with E-state index in [2.05, 4.69) is 27.0 Å². The number of rotatable bonds is 4. The highest BCUT2D eigenvalue weighted by molar-refractivity contribution is 9.10. The fourth-order valence-electron chi connectivity index (χ4n) is 2.34. The number of aryl methyl sites for hydroxylation is 1. The van der Waals surface area contributed by atoms with Gasteiger partial charge in [-0.05, 0) is 59.3 Å². The highest BCUT2D eigenvalue weighted by atomic mass is 79.9. The van der Waals surface area contributed by atoms with E-state index in [1.165, 1.54) is 11.3 Å². The molecule has 1 fully saturated rings. The summed E-state index contributed by atoms with van der Waals surface area (Å²) >= 11 is 6.43. The molecule has 0 atom stereocenters. The van der Waals surface area contributed by atoms with Crippen LogP contribution in [-0.2, 0) is 0 Å². The molecule has 23 heavy (non-hydrogen) atoms. The van der Waals surface area contributed by atoms with Crippen LogP contribution in [0, 0.1) is 6.92 Å². The number of nitrogens with zero attached hydrogens (tertiary/aromatic N) is 1. The lowest BCUT2D eigenvalue weighted by atomic mass is 10.2. The summed E-state index contributed by atoms with van der Waals surface area (Å²) in [5.74, 6) is -0.0496. The first-order valence-electron chi connectivity index (χ1n) is 7.12. The average molecular weight is 410 g/mol. The van der Waals surface area contributed by atoms with Crippen molar-refractivity contribution in [2.45, 2.75) is 25.9 Å². The number of ether oxygens (including phenoxy) is 1. The van der Waals surface area contributed by atoms with Gasteiger partial charge in [0.1, 0.15) is 15.6 Å². The first-order chi connectivity index (χ1) is 11.0. The van der Waals surface area contributed by atoms with Gasteiger partial charge in [0.2, 0.25) is 0 Å². The van der Waals surface area contributed by atoms with Gasteiger partial charge in [-0.2, -0.15) is 0 Å². The first-order valence-corrected chi connectivity index (χ1v) is 9.54. The lowest BCUT2D eigenvalue weighted by molar-refractivity contribution is 0.0701. The number of carbonyl (C=O) groups is 1. The Kier molecular flexibility index (Phi) is 3.66. The number of hydrogen-bond donors (Lipinski definition) is 1. The summed E-state index contributed by atoms with van der Waals surface area (Å²) in [6.45, 7) is 1.73. The minimum absolute atomic E-state index is 0.300. The van der Waals surface area contributed by atoms with Crippen molar-refractivity contribution in [1.82, 2.24) is 4.98 Å². The predicted octanol–water partition coefficient (Wildman–Crippen LogP) is 5.34. The van der Waals surface area contributed by atoms with E-state index in [0.29, 0.717) is 16.7 Å². The Morgan fingerprint density at radius 3 is 2.78 bits per heavy atom. The minimum Gasteiger partial charge on any atom is -0.490 e. The quantitative estimate of drug-likeness (QED) is 0.631. The molecular formula is C16H12BrNO3S2. The number of carboxylic acids is 1. The van der Waals surface area contributed by atoms with Crippen LogP contribution in [0.1, 0.15) is 28.2 Å². The summed E-state index contributed by atoms with van der Waals surface area (Å²) in [5, 5.41) is 11.0. The molecular weight excluding hydrogens is 398 g/mol. The summed E-state index contributed by atoms with van der Waals surface area (Å²) in [7, 11) is 0. The lowest BCUT2D eigenvalue weighted by Gasteiger charge is -2.05. The first kappa shape index (κ1) is 15.1. The Morgan fingerprint density at radius 2 is 2.13 bits per heavy atom. The third-order valence-corrected chi connectivity index (χ3v) is 6.96. The second-order valence-electron chi connectivity index (χ2n) is 5.49. The number of benzene rings is 1. The lowest BCUT2D eigenvalue weighted by Crippen LogP contribution is -1.95. The fourth-order valence-corrected chi connectivity index (χ4v) is 5.03. The van der Waals surface area contributed by atoms with E-state index in [1.807, 2.05) is 12.1 Å². The molecule has 1 saturated carbocycles. The van der Waals surface area contributed by atoms with E-state index >= 15 is 0 Å². The molecule has 2 heterocycles. The van der Waals surface area contributed by atoms with Crippen LogP contribution in [0.5, 0.6) is 5.75 Å². The maximum atomic E-state index is 11.2. The number of thiophene rings is 1. The van der Waals surface area contributed by atoms with Gasteiger partial charge in [0, 0.05) is 9.17 Å². The maximum Gasteiger partial charge on any atom is 0.347 e. The molecule has 3 aromatic rings. The Morgan fingerprint density at radius 1 is 1.35 bits per heavy atom. The monoisotopic (exact) mass is 409 g/mol. The zero-order chi connectivity index (χ0) is 16.1. The molecule has 1 aromatic carbocycles. The highest BCUT2D eigenvalue weighted by Gasteiger charge is 2.24. The Bertz CT molecular complexity index is 927. The van der Waals surface area contributed by atoms with Crippen molar-refractivity contribution < 1.29 is 14.6 Å². The normalized spacial score (nSPS) is 14.3. The summed E-state index contributed by atoms with van der Waals surface area (Å²) < 4.78 is 7.98. The average Bonchev–Trinajstić information content (AvgIpc) is 3.04. The Labute approximate surface area is 148 Å². The summed E-state index contributed by atoms with van der Waals surface area (Å²) in [5.41, 5.74) is 0.562. The van der Waals surface area contributed by atoms with E-state index in [-0.39, 0.29) is 0 Å². The molecule has 1 N–H and O–H groups in total. The molecule has 1 aliphatic carbocycles. The van der Waals surface area contributed by atoms with E-state index in [0.717, 1.165) is 43.0 Å². The SMILES string of the molecule is Cc1nc(-c2cc3cc(OC4CC4)cc(Br)c3s2)sc1C(=O)O. The number of thiazole rings is 1. The second kappa shape index (κ2) is 5.58. The zero-order valence-corrected chi connectivity index (χ0v) is 15.3. The number of aromatic carboxylic acids is 1. The molecule has 118 valence electrons. The van der Waals surface area contributed by atoms with Gasteiger partial charge in [-0.1, -0.05) is 0 Å². The molecule has 0 spiro atoms. The van der Waals surface area contributed by atoms with Crippen LogP contribution in [0.2, 0.25) is 0 Å². The van der Waals surface area contributed by atoms with Crippen LogP contribution >= 0.6 is 38.6 Å². The number of halogens is 1.